The number of sulfonamides is 1. The lowest BCUT2D eigenvalue weighted by Gasteiger charge is -2.15. The smallest absolute Gasteiger partial charge is 0.265 e. The summed E-state index contributed by atoms with van der Waals surface area (Å²) in [5.74, 6) is 0.797. The quantitative estimate of drug-likeness (QED) is 0.577. The SMILES string of the molecule is COc1ccc2c(c1)CCc1sc(NS(=O)(=O)c3ccc(Cl)c(C)c3Cl)nc1-2. The van der Waals surface area contributed by atoms with Crippen molar-refractivity contribution >= 4 is 49.7 Å². The van der Waals surface area contributed by atoms with Crippen molar-refractivity contribution in [1.82, 2.24) is 4.98 Å². The average Bonchev–Trinajstić information content (AvgIpc) is 3.07. The maximum Gasteiger partial charge on any atom is 0.265 e. The topological polar surface area (TPSA) is 68.3 Å². The zero-order valence-electron chi connectivity index (χ0n) is 15.0. The molecule has 0 atom stereocenters. The Bertz CT molecular complexity index is 1190. The first-order chi connectivity index (χ1) is 13.3. The molecule has 3 aromatic rings. The number of anilines is 1. The van der Waals surface area contributed by atoms with Gasteiger partial charge in [-0.15, -0.1) is 11.3 Å². The number of ether oxygens (including phenoxy) is 1. The molecule has 146 valence electrons. The van der Waals surface area contributed by atoms with Crippen LogP contribution in [0.3, 0.4) is 0 Å². The second-order valence-electron chi connectivity index (χ2n) is 6.40. The van der Waals surface area contributed by atoms with E-state index >= 15 is 0 Å². The van der Waals surface area contributed by atoms with Crippen LogP contribution in [0.25, 0.3) is 11.3 Å². The van der Waals surface area contributed by atoms with Gasteiger partial charge in [-0.1, -0.05) is 23.2 Å². The standard InChI is InChI=1S/C19H16Cl2N2O3S2/c1-10-14(20)6-8-16(17(10)21)28(24,25)23-19-22-18-13-5-4-12(26-2)9-11(13)3-7-15(18)27-19/h4-6,8-9H,3,7H2,1-2H3,(H,22,23). The number of aryl methyl sites for hydroxylation is 2. The third-order valence-electron chi connectivity index (χ3n) is 4.68. The summed E-state index contributed by atoms with van der Waals surface area (Å²) < 4.78 is 33.5. The normalized spacial score (nSPS) is 13.0. The molecule has 9 heteroatoms. The number of aromatic nitrogens is 1. The monoisotopic (exact) mass is 454 g/mol. The fourth-order valence-electron chi connectivity index (χ4n) is 3.17. The highest BCUT2D eigenvalue weighted by molar-refractivity contribution is 7.93. The van der Waals surface area contributed by atoms with Crippen molar-refractivity contribution in [2.75, 3.05) is 11.8 Å². The predicted octanol–water partition coefficient (Wildman–Crippen LogP) is 5.33. The van der Waals surface area contributed by atoms with E-state index in [4.69, 9.17) is 27.9 Å². The molecule has 0 spiro atoms. The zero-order valence-corrected chi connectivity index (χ0v) is 18.2. The number of nitrogens with one attached hydrogen (secondary N) is 1. The van der Waals surface area contributed by atoms with Crippen molar-refractivity contribution in [1.29, 1.82) is 0 Å². The molecule has 1 aromatic heterocycles. The van der Waals surface area contributed by atoms with Gasteiger partial charge in [-0.25, -0.2) is 13.4 Å². The van der Waals surface area contributed by atoms with E-state index in [1.54, 1.807) is 14.0 Å². The van der Waals surface area contributed by atoms with Crippen molar-refractivity contribution in [3.05, 3.63) is 56.4 Å². The summed E-state index contributed by atoms with van der Waals surface area (Å²) in [6.07, 6.45) is 1.66. The van der Waals surface area contributed by atoms with Gasteiger partial charge in [-0.3, -0.25) is 4.72 Å². The maximum absolute atomic E-state index is 12.8. The second kappa shape index (κ2) is 7.22. The summed E-state index contributed by atoms with van der Waals surface area (Å²) in [4.78, 5) is 5.58. The van der Waals surface area contributed by atoms with Crippen LogP contribution in [0.15, 0.2) is 35.2 Å². The number of nitrogens with zero attached hydrogens (tertiary/aromatic N) is 1. The van der Waals surface area contributed by atoms with Crippen molar-refractivity contribution in [2.45, 2.75) is 24.7 Å². The van der Waals surface area contributed by atoms with E-state index in [2.05, 4.69) is 9.71 Å². The zero-order chi connectivity index (χ0) is 20.1. The van der Waals surface area contributed by atoms with E-state index < -0.39 is 10.0 Å². The highest BCUT2D eigenvalue weighted by atomic mass is 35.5. The van der Waals surface area contributed by atoms with Gasteiger partial charge in [0.05, 0.1) is 17.8 Å². The van der Waals surface area contributed by atoms with Crippen LogP contribution in [0.1, 0.15) is 16.0 Å². The summed E-state index contributed by atoms with van der Waals surface area (Å²) in [6.45, 7) is 1.68. The molecule has 1 aliphatic carbocycles. The first-order valence-electron chi connectivity index (χ1n) is 8.44. The number of hydrogen-bond donors (Lipinski definition) is 1. The largest absolute Gasteiger partial charge is 0.497 e. The third kappa shape index (κ3) is 3.37. The van der Waals surface area contributed by atoms with Crippen LogP contribution in [0.5, 0.6) is 5.75 Å². The summed E-state index contributed by atoms with van der Waals surface area (Å²) >= 11 is 13.6. The van der Waals surface area contributed by atoms with Crippen LogP contribution in [-0.4, -0.2) is 20.5 Å². The van der Waals surface area contributed by atoms with Gasteiger partial charge in [0.2, 0.25) is 0 Å². The van der Waals surface area contributed by atoms with Gasteiger partial charge in [-0.2, -0.15) is 0 Å². The Kier molecular flexibility index (Phi) is 5.03. The van der Waals surface area contributed by atoms with Crippen LogP contribution < -0.4 is 9.46 Å². The van der Waals surface area contributed by atoms with Gasteiger partial charge >= 0.3 is 0 Å². The van der Waals surface area contributed by atoms with E-state index in [1.807, 2.05) is 18.2 Å². The number of hydrogen-bond acceptors (Lipinski definition) is 5. The van der Waals surface area contributed by atoms with Gasteiger partial charge < -0.3 is 4.74 Å². The molecule has 0 saturated carbocycles. The fraction of sp³-hybridized carbons (Fsp3) is 0.211. The molecule has 0 bridgehead atoms. The summed E-state index contributed by atoms with van der Waals surface area (Å²) in [5.41, 5.74) is 3.48. The van der Waals surface area contributed by atoms with Crippen LogP contribution >= 0.6 is 34.5 Å². The number of rotatable bonds is 4. The second-order valence-corrected chi connectivity index (χ2v) is 9.92. The summed E-state index contributed by atoms with van der Waals surface area (Å²) in [5, 5.41) is 0.844. The predicted molar refractivity (Wildman–Crippen MR) is 114 cm³/mol. The van der Waals surface area contributed by atoms with E-state index in [9.17, 15) is 8.42 Å². The van der Waals surface area contributed by atoms with E-state index in [0.29, 0.717) is 15.7 Å². The third-order valence-corrected chi connectivity index (χ3v) is 8.23. The highest BCUT2D eigenvalue weighted by Gasteiger charge is 2.25. The van der Waals surface area contributed by atoms with Crippen LogP contribution in [0.2, 0.25) is 10.0 Å². The Labute approximate surface area is 177 Å². The minimum absolute atomic E-state index is 0.0191. The molecule has 0 saturated heterocycles. The molecule has 0 aliphatic heterocycles. The number of benzene rings is 2. The molecular formula is C19H16Cl2N2O3S2. The maximum atomic E-state index is 12.8. The number of fused-ring (bicyclic) bond motifs is 3. The van der Waals surface area contributed by atoms with Crippen LogP contribution in [0, 0.1) is 6.92 Å². The summed E-state index contributed by atoms with van der Waals surface area (Å²) in [6, 6.07) is 8.76. The number of methoxy groups -OCH3 is 1. The molecule has 28 heavy (non-hydrogen) atoms. The Hall–Kier alpha value is -1.80. The lowest BCUT2D eigenvalue weighted by atomic mass is 9.93. The van der Waals surface area contributed by atoms with Gasteiger partial charge in [0.1, 0.15) is 10.6 Å². The van der Waals surface area contributed by atoms with Gasteiger partial charge in [0.15, 0.2) is 5.13 Å². The molecular weight excluding hydrogens is 439 g/mol. The minimum Gasteiger partial charge on any atom is -0.497 e. The first kappa shape index (κ1) is 19.5. The molecule has 0 radical (unpaired) electrons. The molecule has 1 heterocycles. The number of thiazole rings is 1. The van der Waals surface area contributed by atoms with E-state index in [0.717, 1.165) is 40.3 Å². The van der Waals surface area contributed by atoms with Crippen LogP contribution in [0.4, 0.5) is 5.13 Å². The summed E-state index contributed by atoms with van der Waals surface area (Å²) in [7, 11) is -2.25. The van der Waals surface area contributed by atoms with Crippen molar-refractivity contribution in [3.8, 4) is 17.0 Å². The van der Waals surface area contributed by atoms with Crippen molar-refractivity contribution in [2.24, 2.45) is 0 Å². The van der Waals surface area contributed by atoms with Gasteiger partial charge in [-0.05, 0) is 61.2 Å². The Morgan fingerprint density at radius 3 is 2.71 bits per heavy atom. The lowest BCUT2D eigenvalue weighted by Crippen LogP contribution is -2.13. The van der Waals surface area contributed by atoms with Crippen LogP contribution in [-0.2, 0) is 22.9 Å². The van der Waals surface area contributed by atoms with Gasteiger partial charge in [0.25, 0.3) is 10.0 Å². The average molecular weight is 455 g/mol. The van der Waals surface area contributed by atoms with Crippen molar-refractivity contribution in [3.63, 3.8) is 0 Å². The molecule has 0 fully saturated rings. The first-order valence-corrected chi connectivity index (χ1v) is 11.5. The molecule has 1 aliphatic rings. The molecule has 4 rings (SSSR count). The fourth-order valence-corrected chi connectivity index (χ4v) is 6.19. The minimum atomic E-state index is -3.88. The molecule has 1 N–H and O–H groups in total. The molecule has 0 unspecified atom stereocenters. The lowest BCUT2D eigenvalue weighted by molar-refractivity contribution is 0.414. The molecule has 5 nitrogen and oxygen atoms in total. The molecule has 0 amide bonds. The van der Waals surface area contributed by atoms with E-state index in [1.165, 1.54) is 23.5 Å². The Balaban J connectivity index is 1.69. The van der Waals surface area contributed by atoms with Crippen molar-refractivity contribution < 1.29 is 13.2 Å². The molecule has 2 aromatic carbocycles. The number of halogens is 2. The highest BCUT2D eigenvalue weighted by Crippen LogP contribution is 2.40. The van der Waals surface area contributed by atoms with E-state index in [-0.39, 0.29) is 9.92 Å². The Morgan fingerprint density at radius 1 is 1.18 bits per heavy atom. The Morgan fingerprint density at radius 2 is 1.96 bits per heavy atom. The van der Waals surface area contributed by atoms with Gasteiger partial charge in [0, 0.05) is 15.5 Å².